The maximum absolute atomic E-state index is 11.6. The highest BCUT2D eigenvalue weighted by molar-refractivity contribution is 5.86. The van der Waals surface area contributed by atoms with Gasteiger partial charge in [-0.05, 0) is 12.3 Å². The molecule has 0 aliphatic carbocycles. The molecule has 6 nitrogen and oxygen atoms in total. The van der Waals surface area contributed by atoms with E-state index < -0.39 is 11.9 Å². The number of likely N-dealkylation sites (tertiary alicyclic amines) is 1. The Morgan fingerprint density at radius 1 is 1.50 bits per heavy atom. The van der Waals surface area contributed by atoms with Crippen molar-refractivity contribution in [1.82, 2.24) is 10.2 Å². The SMILES string of the molecule is CC(C)CNC(=O)CN1CC(C(=O)O)CCC1=O. The average molecular weight is 256 g/mol. The second-order valence-electron chi connectivity index (χ2n) is 5.05. The second-order valence-corrected chi connectivity index (χ2v) is 5.05. The Morgan fingerprint density at radius 2 is 2.17 bits per heavy atom. The molecule has 1 fully saturated rings. The number of piperidine rings is 1. The largest absolute Gasteiger partial charge is 0.481 e. The zero-order valence-corrected chi connectivity index (χ0v) is 10.8. The highest BCUT2D eigenvalue weighted by atomic mass is 16.4. The number of hydrogen-bond donors (Lipinski definition) is 2. The van der Waals surface area contributed by atoms with Crippen LogP contribution in [0.5, 0.6) is 0 Å². The molecule has 18 heavy (non-hydrogen) atoms. The van der Waals surface area contributed by atoms with E-state index in [-0.39, 0.29) is 31.3 Å². The normalized spacial score (nSPS) is 20.1. The van der Waals surface area contributed by atoms with Gasteiger partial charge in [-0.3, -0.25) is 14.4 Å². The lowest BCUT2D eigenvalue weighted by molar-refractivity contribution is -0.149. The van der Waals surface area contributed by atoms with Gasteiger partial charge in [0.15, 0.2) is 0 Å². The van der Waals surface area contributed by atoms with Gasteiger partial charge in [-0.15, -0.1) is 0 Å². The molecule has 102 valence electrons. The molecular weight excluding hydrogens is 236 g/mol. The molecule has 6 heteroatoms. The van der Waals surface area contributed by atoms with Gasteiger partial charge in [0, 0.05) is 19.5 Å². The van der Waals surface area contributed by atoms with Crippen LogP contribution >= 0.6 is 0 Å². The number of aliphatic carboxylic acids is 1. The van der Waals surface area contributed by atoms with Crippen molar-refractivity contribution >= 4 is 17.8 Å². The van der Waals surface area contributed by atoms with Crippen molar-refractivity contribution in [1.29, 1.82) is 0 Å². The lowest BCUT2D eigenvalue weighted by atomic mass is 9.98. The van der Waals surface area contributed by atoms with Crippen molar-refractivity contribution in [2.75, 3.05) is 19.6 Å². The van der Waals surface area contributed by atoms with Gasteiger partial charge in [0.05, 0.1) is 12.5 Å². The fraction of sp³-hybridized carbons (Fsp3) is 0.750. The first-order valence-electron chi connectivity index (χ1n) is 6.17. The van der Waals surface area contributed by atoms with E-state index in [9.17, 15) is 14.4 Å². The van der Waals surface area contributed by atoms with Crippen molar-refractivity contribution < 1.29 is 19.5 Å². The van der Waals surface area contributed by atoms with E-state index >= 15 is 0 Å². The minimum atomic E-state index is -0.907. The third-order valence-electron chi connectivity index (χ3n) is 2.89. The van der Waals surface area contributed by atoms with Crippen molar-refractivity contribution in [2.24, 2.45) is 11.8 Å². The van der Waals surface area contributed by atoms with Crippen molar-refractivity contribution in [3.05, 3.63) is 0 Å². The maximum atomic E-state index is 11.6. The fourth-order valence-corrected chi connectivity index (χ4v) is 1.82. The molecule has 0 aromatic heterocycles. The first-order valence-corrected chi connectivity index (χ1v) is 6.17. The van der Waals surface area contributed by atoms with Crippen LogP contribution in [0.1, 0.15) is 26.7 Å². The quantitative estimate of drug-likeness (QED) is 0.729. The van der Waals surface area contributed by atoms with E-state index in [4.69, 9.17) is 5.11 Å². The van der Waals surface area contributed by atoms with Crippen LogP contribution < -0.4 is 5.32 Å². The number of hydrogen-bond acceptors (Lipinski definition) is 3. The molecule has 0 radical (unpaired) electrons. The Kier molecular flexibility index (Phi) is 5.12. The highest BCUT2D eigenvalue weighted by Gasteiger charge is 2.30. The van der Waals surface area contributed by atoms with E-state index in [1.54, 1.807) is 0 Å². The number of carbonyl (C=O) groups excluding carboxylic acids is 2. The Bertz CT molecular complexity index is 341. The molecule has 1 heterocycles. The van der Waals surface area contributed by atoms with Crippen LogP contribution in [-0.4, -0.2) is 47.4 Å². The van der Waals surface area contributed by atoms with E-state index in [0.29, 0.717) is 18.9 Å². The molecule has 1 saturated heterocycles. The standard InChI is InChI=1S/C12H20N2O4/c1-8(2)5-13-10(15)7-14-6-9(12(17)18)3-4-11(14)16/h8-9H,3-7H2,1-2H3,(H,13,15)(H,17,18). The number of carboxylic acids is 1. The summed E-state index contributed by atoms with van der Waals surface area (Å²) in [6.07, 6.45) is 0.562. The molecule has 1 rings (SSSR count). The van der Waals surface area contributed by atoms with Crippen molar-refractivity contribution in [3.8, 4) is 0 Å². The summed E-state index contributed by atoms with van der Waals surface area (Å²) in [6.45, 7) is 4.60. The van der Waals surface area contributed by atoms with Gasteiger partial charge in [-0.2, -0.15) is 0 Å². The molecule has 0 aromatic rings. The van der Waals surface area contributed by atoms with Crippen LogP contribution in [-0.2, 0) is 14.4 Å². The third-order valence-corrected chi connectivity index (χ3v) is 2.89. The minimum Gasteiger partial charge on any atom is -0.481 e. The first-order chi connectivity index (χ1) is 8.40. The summed E-state index contributed by atoms with van der Waals surface area (Å²) in [7, 11) is 0. The summed E-state index contributed by atoms with van der Waals surface area (Å²) >= 11 is 0. The molecule has 0 aromatic carbocycles. The smallest absolute Gasteiger partial charge is 0.308 e. The summed E-state index contributed by atoms with van der Waals surface area (Å²) in [4.78, 5) is 35.4. The number of nitrogens with zero attached hydrogens (tertiary/aromatic N) is 1. The molecule has 2 N–H and O–H groups in total. The fourth-order valence-electron chi connectivity index (χ4n) is 1.82. The number of carboxylic acid groups (broad SMARTS) is 1. The summed E-state index contributed by atoms with van der Waals surface area (Å²) in [6, 6.07) is 0. The number of nitrogens with one attached hydrogen (secondary N) is 1. The molecule has 0 spiro atoms. The third kappa shape index (κ3) is 4.35. The zero-order chi connectivity index (χ0) is 13.7. The Morgan fingerprint density at radius 3 is 2.72 bits per heavy atom. The summed E-state index contributed by atoms with van der Waals surface area (Å²) in [5, 5.41) is 11.6. The van der Waals surface area contributed by atoms with Gasteiger partial charge in [0.2, 0.25) is 11.8 Å². The Balaban J connectivity index is 2.46. The minimum absolute atomic E-state index is 0.0463. The van der Waals surface area contributed by atoms with Gasteiger partial charge in [-0.1, -0.05) is 13.8 Å². The lowest BCUT2D eigenvalue weighted by Gasteiger charge is -2.30. The van der Waals surface area contributed by atoms with E-state index in [1.165, 1.54) is 4.90 Å². The van der Waals surface area contributed by atoms with E-state index in [2.05, 4.69) is 5.32 Å². The van der Waals surface area contributed by atoms with Crippen LogP contribution in [0.3, 0.4) is 0 Å². The maximum Gasteiger partial charge on any atom is 0.308 e. The Labute approximate surface area is 106 Å². The summed E-state index contributed by atoms with van der Waals surface area (Å²) in [5.74, 6) is -1.50. The number of amides is 2. The number of rotatable bonds is 5. The topological polar surface area (TPSA) is 86.7 Å². The predicted molar refractivity (Wildman–Crippen MR) is 64.8 cm³/mol. The first kappa shape index (κ1) is 14.5. The highest BCUT2D eigenvalue weighted by Crippen LogP contribution is 2.17. The monoisotopic (exact) mass is 256 g/mol. The van der Waals surface area contributed by atoms with Crippen LogP contribution in [0.15, 0.2) is 0 Å². The average Bonchev–Trinajstić information content (AvgIpc) is 2.29. The molecule has 1 atom stereocenters. The van der Waals surface area contributed by atoms with Gasteiger partial charge < -0.3 is 15.3 Å². The van der Waals surface area contributed by atoms with Gasteiger partial charge >= 0.3 is 5.97 Å². The van der Waals surface area contributed by atoms with Crippen molar-refractivity contribution in [2.45, 2.75) is 26.7 Å². The number of carbonyl (C=O) groups is 3. The summed E-state index contributed by atoms with van der Waals surface area (Å²) in [5.41, 5.74) is 0. The van der Waals surface area contributed by atoms with Crippen LogP contribution in [0.2, 0.25) is 0 Å². The second kappa shape index (κ2) is 6.37. The molecule has 2 amide bonds. The summed E-state index contributed by atoms with van der Waals surface area (Å²) < 4.78 is 0. The Hall–Kier alpha value is -1.59. The zero-order valence-electron chi connectivity index (χ0n) is 10.8. The van der Waals surface area contributed by atoms with E-state index in [0.717, 1.165) is 0 Å². The molecule has 1 aliphatic heterocycles. The molecule has 0 saturated carbocycles. The van der Waals surface area contributed by atoms with Crippen LogP contribution in [0, 0.1) is 11.8 Å². The predicted octanol–water partition coefficient (Wildman–Crippen LogP) is 0.0818. The molecular formula is C12H20N2O4. The van der Waals surface area contributed by atoms with Crippen LogP contribution in [0.4, 0.5) is 0 Å². The lowest BCUT2D eigenvalue weighted by Crippen LogP contribution is -2.47. The molecule has 0 bridgehead atoms. The van der Waals surface area contributed by atoms with Gasteiger partial charge in [-0.25, -0.2) is 0 Å². The van der Waals surface area contributed by atoms with Crippen LogP contribution in [0.25, 0.3) is 0 Å². The van der Waals surface area contributed by atoms with Gasteiger partial charge in [0.25, 0.3) is 0 Å². The molecule has 1 unspecified atom stereocenters. The van der Waals surface area contributed by atoms with Crippen molar-refractivity contribution in [3.63, 3.8) is 0 Å². The molecule has 1 aliphatic rings. The van der Waals surface area contributed by atoms with E-state index in [1.807, 2.05) is 13.8 Å². The van der Waals surface area contributed by atoms with Gasteiger partial charge in [0.1, 0.15) is 0 Å².